The van der Waals surface area contributed by atoms with Gasteiger partial charge < -0.3 is 13.9 Å². The van der Waals surface area contributed by atoms with Crippen LogP contribution in [0.1, 0.15) is 35.7 Å². The van der Waals surface area contributed by atoms with E-state index < -0.39 is 5.60 Å². The molecule has 1 aromatic heterocycles. The summed E-state index contributed by atoms with van der Waals surface area (Å²) in [6.45, 7) is 5.64. The van der Waals surface area contributed by atoms with Crippen LogP contribution in [0.4, 0.5) is 0 Å². The lowest BCUT2D eigenvalue weighted by molar-refractivity contribution is 0.102. The largest absolute Gasteiger partial charge is 0.497 e. The van der Waals surface area contributed by atoms with Crippen molar-refractivity contribution in [1.29, 1.82) is 0 Å². The summed E-state index contributed by atoms with van der Waals surface area (Å²) in [5.74, 6) is 2.24. The third-order valence-electron chi connectivity index (χ3n) is 3.55. The van der Waals surface area contributed by atoms with E-state index in [1.165, 1.54) is 0 Å². The predicted octanol–water partition coefficient (Wildman–Crippen LogP) is 4.03. The molecular weight excluding hydrogens is 280 g/mol. The molecule has 0 bridgehead atoms. The molecule has 0 atom stereocenters. The highest BCUT2D eigenvalue weighted by molar-refractivity contribution is 6.28. The third-order valence-corrected chi connectivity index (χ3v) is 3.55. The molecule has 4 heteroatoms. The summed E-state index contributed by atoms with van der Waals surface area (Å²) in [7, 11) is 1.60. The molecule has 0 fully saturated rings. The first-order valence-electron chi connectivity index (χ1n) is 7.11. The van der Waals surface area contributed by atoms with Crippen molar-refractivity contribution in [3.05, 3.63) is 53.5 Å². The molecule has 2 heterocycles. The van der Waals surface area contributed by atoms with Crippen LogP contribution in [0, 0.1) is 6.92 Å². The topological polar surface area (TPSA) is 48.7 Å². The van der Waals surface area contributed by atoms with Gasteiger partial charge in [0.2, 0.25) is 5.78 Å². The monoisotopic (exact) mass is 298 g/mol. The average Bonchev–Trinajstić information content (AvgIpc) is 2.90. The van der Waals surface area contributed by atoms with Crippen molar-refractivity contribution < 1.29 is 18.7 Å². The number of carbonyl (C=O) groups excluding carboxylic acids is 1. The number of ether oxygens (including phenoxy) is 2. The van der Waals surface area contributed by atoms with E-state index in [0.29, 0.717) is 28.6 Å². The number of methoxy groups -OCH3 is 1. The van der Waals surface area contributed by atoms with Gasteiger partial charge in [-0.05, 0) is 51.1 Å². The van der Waals surface area contributed by atoms with Crippen molar-refractivity contribution in [2.45, 2.75) is 26.4 Å². The normalized spacial score (nSPS) is 15.5. The molecule has 3 rings (SSSR count). The van der Waals surface area contributed by atoms with Crippen molar-refractivity contribution in [1.82, 2.24) is 0 Å². The average molecular weight is 298 g/mol. The Balaban J connectivity index is 2.10. The van der Waals surface area contributed by atoms with Crippen LogP contribution >= 0.6 is 0 Å². The Labute approximate surface area is 129 Å². The summed E-state index contributed by atoms with van der Waals surface area (Å²) >= 11 is 0. The summed E-state index contributed by atoms with van der Waals surface area (Å²) in [5.41, 5.74) is 0.758. The highest BCUT2D eigenvalue weighted by Crippen LogP contribution is 2.39. The number of furan rings is 1. The number of ketones is 1. The van der Waals surface area contributed by atoms with Crippen LogP contribution in [0.3, 0.4) is 0 Å². The molecule has 0 aliphatic carbocycles. The summed E-state index contributed by atoms with van der Waals surface area (Å²) < 4.78 is 16.6. The molecular formula is C18H18O4. The van der Waals surface area contributed by atoms with Crippen LogP contribution in [0.25, 0.3) is 5.57 Å². The second-order valence-corrected chi connectivity index (χ2v) is 5.87. The third kappa shape index (κ3) is 2.52. The smallest absolute Gasteiger partial charge is 0.228 e. The Bertz CT molecular complexity index is 765. The second-order valence-electron chi connectivity index (χ2n) is 5.87. The lowest BCUT2D eigenvalue weighted by atomic mass is 9.91. The van der Waals surface area contributed by atoms with Crippen LogP contribution in [-0.2, 0) is 0 Å². The predicted molar refractivity (Wildman–Crippen MR) is 83.5 cm³/mol. The fraction of sp³-hybridized carbons (Fsp3) is 0.278. The summed E-state index contributed by atoms with van der Waals surface area (Å²) in [6, 6.07) is 8.93. The van der Waals surface area contributed by atoms with Crippen LogP contribution in [-0.4, -0.2) is 18.5 Å². The number of fused-ring (bicyclic) bond motifs is 1. The quantitative estimate of drug-likeness (QED) is 0.803. The maximum absolute atomic E-state index is 12.8. The molecule has 0 saturated carbocycles. The number of Topliss-reactive ketones (excluding diaryl/α,β-unsaturated/α-hetero) is 1. The minimum absolute atomic E-state index is 0.143. The van der Waals surface area contributed by atoms with Gasteiger partial charge in [-0.15, -0.1) is 0 Å². The minimum atomic E-state index is -0.577. The van der Waals surface area contributed by atoms with E-state index in [9.17, 15) is 4.79 Å². The molecule has 0 spiro atoms. The van der Waals surface area contributed by atoms with Gasteiger partial charge in [0.05, 0.1) is 7.11 Å². The first-order chi connectivity index (χ1) is 10.4. The molecule has 0 N–H and O–H groups in total. The molecule has 1 aliphatic rings. The van der Waals surface area contributed by atoms with E-state index >= 15 is 0 Å². The number of aryl methyl sites for hydroxylation is 1. The van der Waals surface area contributed by atoms with Gasteiger partial charge in [0.15, 0.2) is 5.76 Å². The number of hydrogen-bond donors (Lipinski definition) is 0. The second kappa shape index (κ2) is 5.05. The van der Waals surface area contributed by atoms with Gasteiger partial charge in [0.25, 0.3) is 0 Å². The van der Waals surface area contributed by atoms with E-state index in [-0.39, 0.29) is 5.78 Å². The van der Waals surface area contributed by atoms with Crippen LogP contribution in [0.15, 0.2) is 40.8 Å². The minimum Gasteiger partial charge on any atom is -0.497 e. The Morgan fingerprint density at radius 1 is 1.18 bits per heavy atom. The fourth-order valence-electron chi connectivity index (χ4n) is 2.55. The van der Waals surface area contributed by atoms with E-state index in [1.807, 2.05) is 39.0 Å². The molecule has 0 unspecified atom stereocenters. The molecule has 2 aromatic rings. The number of benzene rings is 1. The lowest BCUT2D eigenvalue weighted by Gasteiger charge is -2.30. The highest BCUT2D eigenvalue weighted by atomic mass is 16.5. The van der Waals surface area contributed by atoms with Crippen molar-refractivity contribution >= 4 is 11.4 Å². The summed E-state index contributed by atoms with van der Waals surface area (Å²) in [5, 5.41) is 0. The SMILES string of the molecule is COc1ccc2c(c1)OC(C)(C)C=C2C(=O)c1ccc(C)o1. The van der Waals surface area contributed by atoms with Gasteiger partial charge in [0, 0.05) is 17.2 Å². The van der Waals surface area contributed by atoms with E-state index in [0.717, 1.165) is 5.56 Å². The zero-order chi connectivity index (χ0) is 15.9. The highest BCUT2D eigenvalue weighted by Gasteiger charge is 2.31. The Morgan fingerprint density at radius 2 is 1.95 bits per heavy atom. The van der Waals surface area contributed by atoms with Gasteiger partial charge in [0.1, 0.15) is 22.9 Å². The van der Waals surface area contributed by atoms with Crippen molar-refractivity contribution in [3.63, 3.8) is 0 Å². The molecule has 114 valence electrons. The molecule has 0 saturated heterocycles. The number of hydrogen-bond acceptors (Lipinski definition) is 4. The van der Waals surface area contributed by atoms with Gasteiger partial charge in [-0.3, -0.25) is 4.79 Å². The molecule has 4 nitrogen and oxygen atoms in total. The summed E-state index contributed by atoms with van der Waals surface area (Å²) in [4.78, 5) is 12.8. The van der Waals surface area contributed by atoms with Crippen molar-refractivity contribution in [3.8, 4) is 11.5 Å². The first-order valence-corrected chi connectivity index (χ1v) is 7.11. The molecule has 1 aromatic carbocycles. The zero-order valence-electron chi connectivity index (χ0n) is 13.1. The zero-order valence-corrected chi connectivity index (χ0v) is 13.1. The van der Waals surface area contributed by atoms with Gasteiger partial charge in [-0.2, -0.15) is 0 Å². The summed E-state index contributed by atoms with van der Waals surface area (Å²) in [6.07, 6.45) is 1.84. The Kier molecular flexibility index (Phi) is 3.32. The van der Waals surface area contributed by atoms with Crippen molar-refractivity contribution in [2.75, 3.05) is 7.11 Å². The maximum atomic E-state index is 12.8. The number of carbonyl (C=O) groups is 1. The van der Waals surface area contributed by atoms with Crippen molar-refractivity contribution in [2.24, 2.45) is 0 Å². The van der Waals surface area contributed by atoms with Crippen LogP contribution in [0.5, 0.6) is 11.5 Å². The van der Waals surface area contributed by atoms with Crippen LogP contribution < -0.4 is 9.47 Å². The molecule has 0 radical (unpaired) electrons. The Hall–Kier alpha value is -2.49. The van der Waals surface area contributed by atoms with E-state index in [2.05, 4.69) is 0 Å². The van der Waals surface area contributed by atoms with Crippen LogP contribution in [0.2, 0.25) is 0 Å². The van der Waals surface area contributed by atoms with Gasteiger partial charge in [-0.25, -0.2) is 0 Å². The molecule has 1 aliphatic heterocycles. The Morgan fingerprint density at radius 3 is 2.59 bits per heavy atom. The molecule has 22 heavy (non-hydrogen) atoms. The van der Waals surface area contributed by atoms with E-state index in [1.54, 1.807) is 25.3 Å². The molecule has 0 amide bonds. The number of allylic oxidation sites excluding steroid dienone is 1. The number of rotatable bonds is 3. The maximum Gasteiger partial charge on any atom is 0.228 e. The standard InChI is InChI=1S/C18H18O4/c1-11-5-8-15(21-11)17(19)14-10-18(2,3)22-16-9-12(20-4)6-7-13(14)16/h5-10H,1-4H3. The first kappa shape index (κ1) is 14.4. The lowest BCUT2D eigenvalue weighted by Crippen LogP contribution is -2.30. The van der Waals surface area contributed by atoms with Gasteiger partial charge >= 0.3 is 0 Å². The van der Waals surface area contributed by atoms with E-state index in [4.69, 9.17) is 13.9 Å². The fourth-order valence-corrected chi connectivity index (χ4v) is 2.55. The van der Waals surface area contributed by atoms with Gasteiger partial charge in [-0.1, -0.05) is 0 Å².